The molecule has 0 atom stereocenters. The van der Waals surface area contributed by atoms with E-state index in [1.165, 1.54) is 0 Å². The molecule has 0 unspecified atom stereocenters. The molecule has 1 aromatic carbocycles. The Bertz CT molecular complexity index is 607. The molecule has 0 bridgehead atoms. The first-order chi connectivity index (χ1) is 9.83. The fourth-order valence-corrected chi connectivity index (χ4v) is 3.34. The van der Waals surface area contributed by atoms with Crippen molar-refractivity contribution in [1.82, 2.24) is 5.32 Å². The van der Waals surface area contributed by atoms with Gasteiger partial charge in [0.1, 0.15) is 12.4 Å². The fourth-order valence-electron chi connectivity index (χ4n) is 1.72. The molecule has 21 heavy (non-hydrogen) atoms. The van der Waals surface area contributed by atoms with Gasteiger partial charge in [0.15, 0.2) is 0 Å². The maximum Gasteiger partial charge on any atom is 0.138 e. The number of thiophene rings is 1. The van der Waals surface area contributed by atoms with E-state index in [0.29, 0.717) is 11.6 Å². The van der Waals surface area contributed by atoms with E-state index >= 15 is 0 Å². The van der Waals surface area contributed by atoms with E-state index in [9.17, 15) is 0 Å². The zero-order valence-corrected chi connectivity index (χ0v) is 15.5. The molecule has 1 aromatic heterocycles. The first-order valence-corrected chi connectivity index (χ1v) is 8.78. The average Bonchev–Trinajstić information content (AvgIpc) is 2.80. The Balaban J connectivity index is 1.95. The highest BCUT2D eigenvalue weighted by molar-refractivity contribution is 9.10. The lowest BCUT2D eigenvalue weighted by Crippen LogP contribution is -2.35. The van der Waals surface area contributed by atoms with Crippen LogP contribution in [0.2, 0.25) is 5.02 Å². The van der Waals surface area contributed by atoms with Crippen LogP contribution in [-0.4, -0.2) is 5.54 Å². The summed E-state index contributed by atoms with van der Waals surface area (Å²) in [5, 5.41) is 6.14. The number of hydrogen-bond acceptors (Lipinski definition) is 3. The summed E-state index contributed by atoms with van der Waals surface area (Å²) in [5.41, 5.74) is 1.25. The van der Waals surface area contributed by atoms with Crippen molar-refractivity contribution in [2.75, 3.05) is 0 Å². The predicted molar refractivity (Wildman–Crippen MR) is 94.4 cm³/mol. The molecule has 5 heteroatoms. The van der Waals surface area contributed by atoms with Gasteiger partial charge in [-0.2, -0.15) is 0 Å². The molecule has 0 saturated carbocycles. The number of nitrogens with one attached hydrogen (secondary N) is 1. The Labute approximate surface area is 143 Å². The highest BCUT2D eigenvalue weighted by Crippen LogP contribution is 2.28. The van der Waals surface area contributed by atoms with E-state index in [-0.39, 0.29) is 5.54 Å². The number of rotatable bonds is 5. The third kappa shape index (κ3) is 5.62. The molecule has 0 fully saturated rings. The number of halogens is 2. The van der Waals surface area contributed by atoms with Gasteiger partial charge < -0.3 is 10.1 Å². The van der Waals surface area contributed by atoms with Crippen molar-refractivity contribution >= 4 is 38.9 Å². The molecule has 114 valence electrons. The topological polar surface area (TPSA) is 21.3 Å². The van der Waals surface area contributed by atoms with Crippen molar-refractivity contribution in [2.45, 2.75) is 39.5 Å². The van der Waals surface area contributed by atoms with Gasteiger partial charge in [-0.05, 0) is 60.5 Å². The van der Waals surface area contributed by atoms with Gasteiger partial charge in [0, 0.05) is 26.8 Å². The summed E-state index contributed by atoms with van der Waals surface area (Å²) in [5.74, 6) is 0.723. The van der Waals surface area contributed by atoms with Gasteiger partial charge in [-0.3, -0.25) is 0 Å². The molecule has 0 spiro atoms. The monoisotopic (exact) mass is 387 g/mol. The Morgan fingerprint density at radius 2 is 2.05 bits per heavy atom. The second-order valence-corrected chi connectivity index (χ2v) is 8.21. The van der Waals surface area contributed by atoms with Crippen LogP contribution in [0.15, 0.2) is 34.1 Å². The van der Waals surface area contributed by atoms with E-state index in [1.54, 1.807) is 11.3 Å². The van der Waals surface area contributed by atoms with Crippen molar-refractivity contribution in [3.63, 3.8) is 0 Å². The SMILES string of the molecule is CC(C)(C)NCc1ccc(OCc2cc(Br)cs2)c(Cl)c1. The molecule has 1 N–H and O–H groups in total. The molecular formula is C16H19BrClNOS. The normalized spacial score (nSPS) is 11.7. The van der Waals surface area contributed by atoms with Crippen LogP contribution < -0.4 is 10.1 Å². The lowest BCUT2D eigenvalue weighted by Gasteiger charge is -2.20. The van der Waals surface area contributed by atoms with Crippen LogP contribution in [0.1, 0.15) is 31.2 Å². The Morgan fingerprint density at radius 1 is 1.29 bits per heavy atom. The van der Waals surface area contributed by atoms with Crippen LogP contribution in [0.4, 0.5) is 0 Å². The largest absolute Gasteiger partial charge is 0.487 e. The first kappa shape index (κ1) is 16.8. The molecular weight excluding hydrogens is 370 g/mol. The number of ether oxygens (including phenoxy) is 1. The molecule has 2 aromatic rings. The maximum absolute atomic E-state index is 6.29. The Morgan fingerprint density at radius 3 is 2.62 bits per heavy atom. The molecule has 0 saturated heterocycles. The zero-order chi connectivity index (χ0) is 15.5. The van der Waals surface area contributed by atoms with Crippen molar-refractivity contribution in [1.29, 1.82) is 0 Å². The van der Waals surface area contributed by atoms with Gasteiger partial charge >= 0.3 is 0 Å². The van der Waals surface area contributed by atoms with Crippen LogP contribution in [0.5, 0.6) is 5.75 Å². The number of hydrogen-bond donors (Lipinski definition) is 1. The molecule has 1 heterocycles. The van der Waals surface area contributed by atoms with Gasteiger partial charge in [-0.25, -0.2) is 0 Å². The number of benzene rings is 1. The lowest BCUT2D eigenvalue weighted by molar-refractivity contribution is 0.310. The summed E-state index contributed by atoms with van der Waals surface area (Å²) in [6, 6.07) is 8.00. The molecule has 0 aliphatic rings. The zero-order valence-electron chi connectivity index (χ0n) is 12.4. The molecule has 0 aliphatic heterocycles. The smallest absolute Gasteiger partial charge is 0.138 e. The summed E-state index contributed by atoms with van der Waals surface area (Å²) >= 11 is 11.4. The van der Waals surface area contributed by atoms with Crippen LogP contribution in [0, 0.1) is 0 Å². The van der Waals surface area contributed by atoms with Crippen LogP contribution in [-0.2, 0) is 13.2 Å². The lowest BCUT2D eigenvalue weighted by atomic mass is 10.1. The van der Waals surface area contributed by atoms with Crippen LogP contribution in [0.25, 0.3) is 0 Å². The minimum Gasteiger partial charge on any atom is -0.487 e. The molecule has 0 radical (unpaired) electrons. The second kappa shape index (κ2) is 7.14. The van der Waals surface area contributed by atoms with E-state index in [0.717, 1.165) is 27.2 Å². The third-order valence-electron chi connectivity index (χ3n) is 2.81. The standard InChI is InChI=1S/C16H19BrClNOS/c1-16(2,3)19-8-11-4-5-15(14(18)6-11)20-9-13-7-12(17)10-21-13/h4-7,10,19H,8-9H2,1-3H3. The maximum atomic E-state index is 6.29. The minimum absolute atomic E-state index is 0.0915. The van der Waals surface area contributed by atoms with E-state index in [4.69, 9.17) is 16.3 Å². The summed E-state index contributed by atoms with van der Waals surface area (Å²) < 4.78 is 6.86. The van der Waals surface area contributed by atoms with Crippen molar-refractivity contribution in [3.8, 4) is 5.75 Å². The van der Waals surface area contributed by atoms with Crippen LogP contribution >= 0.6 is 38.9 Å². The highest BCUT2D eigenvalue weighted by atomic mass is 79.9. The van der Waals surface area contributed by atoms with Crippen molar-refractivity contribution < 1.29 is 4.74 Å². The van der Waals surface area contributed by atoms with Gasteiger partial charge in [0.05, 0.1) is 5.02 Å². The molecule has 0 aliphatic carbocycles. The van der Waals surface area contributed by atoms with Gasteiger partial charge in [-0.1, -0.05) is 17.7 Å². The van der Waals surface area contributed by atoms with Crippen LogP contribution in [0.3, 0.4) is 0 Å². The highest BCUT2D eigenvalue weighted by Gasteiger charge is 2.10. The summed E-state index contributed by atoms with van der Waals surface area (Å²) in [6.45, 7) is 7.76. The fraction of sp³-hybridized carbons (Fsp3) is 0.375. The first-order valence-electron chi connectivity index (χ1n) is 6.73. The Hall–Kier alpha value is -0.550. The van der Waals surface area contributed by atoms with Gasteiger partial charge in [0.2, 0.25) is 0 Å². The van der Waals surface area contributed by atoms with Gasteiger partial charge in [0.25, 0.3) is 0 Å². The average molecular weight is 389 g/mol. The quantitative estimate of drug-likeness (QED) is 0.716. The van der Waals surface area contributed by atoms with E-state index in [2.05, 4.69) is 48.1 Å². The van der Waals surface area contributed by atoms with E-state index < -0.39 is 0 Å². The molecule has 0 amide bonds. The summed E-state index contributed by atoms with van der Waals surface area (Å²) in [6.07, 6.45) is 0. The summed E-state index contributed by atoms with van der Waals surface area (Å²) in [7, 11) is 0. The minimum atomic E-state index is 0.0915. The van der Waals surface area contributed by atoms with Crippen molar-refractivity contribution in [3.05, 3.63) is 49.6 Å². The van der Waals surface area contributed by atoms with Crippen molar-refractivity contribution in [2.24, 2.45) is 0 Å². The summed E-state index contributed by atoms with van der Waals surface area (Å²) in [4.78, 5) is 1.16. The second-order valence-electron chi connectivity index (χ2n) is 5.89. The molecule has 2 nitrogen and oxygen atoms in total. The third-order valence-corrected chi connectivity index (χ3v) is 4.78. The molecule has 2 rings (SSSR count). The Kier molecular flexibility index (Phi) is 5.72. The van der Waals surface area contributed by atoms with Gasteiger partial charge in [-0.15, -0.1) is 11.3 Å². The predicted octanol–water partition coefficient (Wildman–Crippen LogP) is 5.63. The van der Waals surface area contributed by atoms with E-state index in [1.807, 2.05) is 23.6 Å².